The van der Waals surface area contributed by atoms with Crippen LogP contribution in [-0.2, 0) is 10.1 Å². The van der Waals surface area contributed by atoms with Gasteiger partial charge in [-0.1, -0.05) is 0 Å². The van der Waals surface area contributed by atoms with Crippen LogP contribution in [0.25, 0.3) is 0 Å². The number of likely N-dealkylation sites (N-methyl/N-ethyl adjacent to an activating group) is 1. The van der Waals surface area contributed by atoms with E-state index in [0.717, 1.165) is 17.6 Å². The molecule has 0 aliphatic rings. The molecular formula is C7H20NO4S+. The van der Waals surface area contributed by atoms with Crippen LogP contribution in [0.5, 0.6) is 0 Å². The van der Waals surface area contributed by atoms with Crippen LogP contribution in [0.1, 0.15) is 6.92 Å². The minimum Gasteiger partial charge on any atom is -0.391 e. The molecule has 0 aromatic carbocycles. The van der Waals surface area contributed by atoms with E-state index in [2.05, 4.69) is 21.0 Å². The Balaban J connectivity index is 0. The third kappa shape index (κ3) is 24.5. The first-order chi connectivity index (χ1) is 5.62. The summed E-state index contributed by atoms with van der Waals surface area (Å²) in [6, 6.07) is 0. The molecule has 0 aliphatic heterocycles. The highest BCUT2D eigenvalue weighted by Crippen LogP contribution is 1.92. The minimum absolute atomic E-state index is 0.292. The molecule has 2 N–H and O–H groups in total. The van der Waals surface area contributed by atoms with Crippen molar-refractivity contribution in [2.24, 2.45) is 0 Å². The van der Waals surface area contributed by atoms with Gasteiger partial charge in [-0.15, -0.1) is 0 Å². The molecule has 5 nitrogen and oxygen atoms in total. The molecule has 0 heterocycles. The molecule has 0 amide bonds. The van der Waals surface area contributed by atoms with Crippen LogP contribution in [0, 0.1) is 0 Å². The van der Waals surface area contributed by atoms with E-state index in [9.17, 15) is 8.42 Å². The second kappa shape index (κ2) is 6.31. The van der Waals surface area contributed by atoms with E-state index in [0.29, 0.717) is 12.9 Å². The second-order valence-corrected chi connectivity index (χ2v) is 4.90. The zero-order valence-corrected chi connectivity index (χ0v) is 9.50. The molecule has 0 rings (SSSR count). The molecule has 0 aromatic heterocycles. The van der Waals surface area contributed by atoms with Gasteiger partial charge in [0.15, 0.2) is 0 Å². The SMILES string of the molecule is CC[N+](C)(C)CCO.CS(=O)(=O)O. The monoisotopic (exact) mass is 214 g/mol. The summed E-state index contributed by atoms with van der Waals surface area (Å²) in [5.74, 6) is 0. The van der Waals surface area contributed by atoms with Crippen LogP contribution in [-0.4, -0.2) is 62.6 Å². The van der Waals surface area contributed by atoms with Gasteiger partial charge in [-0.05, 0) is 6.92 Å². The van der Waals surface area contributed by atoms with E-state index >= 15 is 0 Å². The van der Waals surface area contributed by atoms with Crippen molar-refractivity contribution in [3.63, 3.8) is 0 Å². The average Bonchev–Trinajstić information content (AvgIpc) is 1.84. The number of aliphatic hydroxyl groups excluding tert-OH is 1. The maximum atomic E-state index is 9.19. The summed E-state index contributed by atoms with van der Waals surface area (Å²) in [7, 11) is 0.548. The van der Waals surface area contributed by atoms with Crippen LogP contribution < -0.4 is 0 Å². The Bertz CT molecular complexity index is 203. The summed E-state index contributed by atoms with van der Waals surface area (Å²) in [5, 5.41) is 8.52. The Morgan fingerprint density at radius 3 is 1.69 bits per heavy atom. The summed E-state index contributed by atoms with van der Waals surface area (Å²) < 4.78 is 26.8. The average molecular weight is 214 g/mol. The first-order valence-electron chi connectivity index (χ1n) is 3.97. The van der Waals surface area contributed by atoms with Crippen molar-refractivity contribution in [3.05, 3.63) is 0 Å². The van der Waals surface area contributed by atoms with Gasteiger partial charge in [-0.25, -0.2) is 0 Å². The van der Waals surface area contributed by atoms with Crippen molar-refractivity contribution in [2.45, 2.75) is 6.92 Å². The van der Waals surface area contributed by atoms with Crippen molar-refractivity contribution in [2.75, 3.05) is 40.0 Å². The summed E-state index contributed by atoms with van der Waals surface area (Å²) in [6.45, 7) is 4.35. The lowest BCUT2D eigenvalue weighted by Gasteiger charge is -2.26. The zero-order chi connectivity index (χ0) is 11.1. The van der Waals surface area contributed by atoms with E-state index in [1.165, 1.54) is 0 Å². The first kappa shape index (κ1) is 15.3. The largest absolute Gasteiger partial charge is 0.391 e. The van der Waals surface area contributed by atoms with Gasteiger partial charge in [0.2, 0.25) is 0 Å². The van der Waals surface area contributed by atoms with E-state index in [4.69, 9.17) is 9.66 Å². The second-order valence-electron chi connectivity index (χ2n) is 3.43. The summed E-state index contributed by atoms with van der Waals surface area (Å²) >= 11 is 0. The number of aliphatic hydroxyl groups is 1. The van der Waals surface area contributed by atoms with Gasteiger partial charge in [-0.3, -0.25) is 4.55 Å². The Morgan fingerprint density at radius 2 is 1.62 bits per heavy atom. The maximum absolute atomic E-state index is 9.19. The van der Waals surface area contributed by atoms with Crippen LogP contribution in [0.3, 0.4) is 0 Å². The smallest absolute Gasteiger partial charge is 0.261 e. The van der Waals surface area contributed by atoms with Gasteiger partial charge >= 0.3 is 0 Å². The van der Waals surface area contributed by atoms with Gasteiger partial charge in [0.05, 0.1) is 33.5 Å². The standard InChI is InChI=1S/C6H16NO.CH4O3S/c1-4-7(2,3)5-6-8;1-5(2,3)4/h8H,4-6H2,1-3H3;1H3,(H,2,3,4)/q+1;. The summed E-state index contributed by atoms with van der Waals surface area (Å²) in [6.07, 6.45) is 0.715. The third-order valence-electron chi connectivity index (χ3n) is 1.56. The normalized spacial score (nSPS) is 11.8. The number of hydrogen-bond acceptors (Lipinski definition) is 3. The third-order valence-corrected chi connectivity index (χ3v) is 1.56. The van der Waals surface area contributed by atoms with Crippen molar-refractivity contribution in [1.29, 1.82) is 0 Å². The van der Waals surface area contributed by atoms with E-state index < -0.39 is 10.1 Å². The molecule has 13 heavy (non-hydrogen) atoms. The number of nitrogens with zero attached hydrogens (tertiary/aromatic N) is 1. The molecule has 6 heteroatoms. The Morgan fingerprint density at radius 1 is 1.31 bits per heavy atom. The van der Waals surface area contributed by atoms with Gasteiger partial charge in [0, 0.05) is 0 Å². The zero-order valence-electron chi connectivity index (χ0n) is 8.69. The van der Waals surface area contributed by atoms with Gasteiger partial charge in [0.1, 0.15) is 6.54 Å². The van der Waals surface area contributed by atoms with E-state index in [1.54, 1.807) is 0 Å². The van der Waals surface area contributed by atoms with Crippen molar-refractivity contribution < 1.29 is 22.6 Å². The van der Waals surface area contributed by atoms with Crippen LogP contribution in [0.15, 0.2) is 0 Å². The van der Waals surface area contributed by atoms with Crippen molar-refractivity contribution >= 4 is 10.1 Å². The highest BCUT2D eigenvalue weighted by molar-refractivity contribution is 7.85. The highest BCUT2D eigenvalue weighted by Gasteiger charge is 2.08. The lowest BCUT2D eigenvalue weighted by atomic mass is 10.5. The molecule has 0 bridgehead atoms. The minimum atomic E-state index is -3.67. The molecular weight excluding hydrogens is 194 g/mol. The summed E-state index contributed by atoms with van der Waals surface area (Å²) in [4.78, 5) is 0. The van der Waals surface area contributed by atoms with Crippen molar-refractivity contribution in [3.8, 4) is 0 Å². The van der Waals surface area contributed by atoms with Gasteiger partial charge in [0.25, 0.3) is 10.1 Å². The van der Waals surface area contributed by atoms with Crippen LogP contribution >= 0.6 is 0 Å². The molecule has 0 aliphatic carbocycles. The molecule has 0 radical (unpaired) electrons. The Hall–Kier alpha value is -0.170. The van der Waals surface area contributed by atoms with Crippen LogP contribution in [0.2, 0.25) is 0 Å². The molecule has 82 valence electrons. The highest BCUT2D eigenvalue weighted by atomic mass is 32.2. The topological polar surface area (TPSA) is 74.6 Å². The Labute approximate surface area is 80.3 Å². The lowest BCUT2D eigenvalue weighted by Crippen LogP contribution is -2.41. The fourth-order valence-corrected chi connectivity index (χ4v) is 0.429. The maximum Gasteiger partial charge on any atom is 0.261 e. The molecule has 0 aromatic rings. The van der Waals surface area contributed by atoms with E-state index in [1.807, 2.05) is 0 Å². The number of hydrogen-bond donors (Lipinski definition) is 2. The van der Waals surface area contributed by atoms with Gasteiger partial charge < -0.3 is 9.59 Å². The quantitative estimate of drug-likeness (QED) is 0.494. The molecule has 0 unspecified atom stereocenters. The Kier molecular flexibility index (Phi) is 7.43. The predicted molar refractivity (Wildman–Crippen MR) is 52.1 cm³/mol. The fraction of sp³-hybridized carbons (Fsp3) is 1.00. The number of quaternary nitrogens is 1. The molecule has 0 spiro atoms. The molecule has 0 saturated carbocycles. The van der Waals surface area contributed by atoms with Crippen molar-refractivity contribution in [1.82, 2.24) is 0 Å². The molecule has 0 atom stereocenters. The first-order valence-corrected chi connectivity index (χ1v) is 5.82. The van der Waals surface area contributed by atoms with E-state index in [-0.39, 0.29) is 0 Å². The predicted octanol–water partition coefficient (Wildman–Crippen LogP) is -0.421. The molecule has 0 fully saturated rings. The molecule has 0 saturated heterocycles. The van der Waals surface area contributed by atoms with Crippen LogP contribution in [0.4, 0.5) is 0 Å². The number of rotatable bonds is 3. The lowest BCUT2D eigenvalue weighted by molar-refractivity contribution is -0.888. The van der Waals surface area contributed by atoms with Gasteiger partial charge in [-0.2, -0.15) is 8.42 Å². The summed E-state index contributed by atoms with van der Waals surface area (Å²) in [5.41, 5.74) is 0. The fourth-order valence-electron chi connectivity index (χ4n) is 0.429.